The van der Waals surface area contributed by atoms with Crippen LogP contribution in [0.15, 0.2) is 42.7 Å². The molecule has 0 aliphatic rings. The van der Waals surface area contributed by atoms with Crippen molar-refractivity contribution in [2.45, 2.75) is 0 Å². The number of rotatable bonds is 3. The SMILES string of the molecule is COc1ccc(Cl)cc1NC(=O)C(=O)Nc1cccnc1. The zero-order valence-corrected chi connectivity index (χ0v) is 11.8. The third-order valence-electron chi connectivity index (χ3n) is 2.54. The molecule has 0 aliphatic heterocycles. The first-order valence-electron chi connectivity index (χ1n) is 5.96. The average Bonchev–Trinajstić information content (AvgIpc) is 2.48. The molecule has 0 saturated heterocycles. The molecular formula is C14H12ClN3O3. The number of halogens is 1. The van der Waals surface area contributed by atoms with E-state index >= 15 is 0 Å². The van der Waals surface area contributed by atoms with Crippen LogP contribution >= 0.6 is 11.6 Å². The van der Waals surface area contributed by atoms with E-state index in [2.05, 4.69) is 15.6 Å². The standard InChI is InChI=1S/C14H12ClN3O3/c1-21-12-5-4-9(15)7-11(12)18-14(20)13(19)17-10-3-2-6-16-8-10/h2-8H,1H3,(H,17,19)(H,18,20). The van der Waals surface area contributed by atoms with Crippen LogP contribution in [-0.2, 0) is 9.59 Å². The van der Waals surface area contributed by atoms with E-state index < -0.39 is 11.8 Å². The van der Waals surface area contributed by atoms with Crippen molar-refractivity contribution in [1.82, 2.24) is 4.98 Å². The van der Waals surface area contributed by atoms with E-state index in [1.54, 1.807) is 30.5 Å². The molecule has 1 aromatic heterocycles. The lowest BCUT2D eigenvalue weighted by atomic mass is 10.3. The summed E-state index contributed by atoms with van der Waals surface area (Å²) in [7, 11) is 1.45. The molecule has 2 aromatic rings. The number of hydrogen-bond acceptors (Lipinski definition) is 4. The molecule has 2 N–H and O–H groups in total. The number of ether oxygens (including phenoxy) is 1. The number of carbonyl (C=O) groups is 2. The normalized spacial score (nSPS) is 9.81. The number of methoxy groups -OCH3 is 1. The van der Waals surface area contributed by atoms with E-state index in [9.17, 15) is 9.59 Å². The molecule has 0 radical (unpaired) electrons. The molecular weight excluding hydrogens is 294 g/mol. The number of carbonyl (C=O) groups excluding carboxylic acids is 2. The number of nitrogens with zero attached hydrogens (tertiary/aromatic N) is 1. The van der Waals surface area contributed by atoms with Gasteiger partial charge in [-0.05, 0) is 30.3 Å². The highest BCUT2D eigenvalue weighted by molar-refractivity contribution is 6.44. The van der Waals surface area contributed by atoms with Gasteiger partial charge < -0.3 is 15.4 Å². The van der Waals surface area contributed by atoms with Crippen molar-refractivity contribution >= 4 is 34.8 Å². The van der Waals surface area contributed by atoms with Gasteiger partial charge in [-0.2, -0.15) is 0 Å². The van der Waals surface area contributed by atoms with Gasteiger partial charge in [0.2, 0.25) is 0 Å². The largest absolute Gasteiger partial charge is 0.495 e. The number of aromatic nitrogens is 1. The minimum absolute atomic E-state index is 0.316. The third-order valence-corrected chi connectivity index (χ3v) is 2.77. The van der Waals surface area contributed by atoms with Crippen LogP contribution in [0.5, 0.6) is 5.75 Å². The lowest BCUT2D eigenvalue weighted by molar-refractivity contribution is -0.133. The van der Waals surface area contributed by atoms with Crippen LogP contribution in [0.3, 0.4) is 0 Å². The fourth-order valence-electron chi connectivity index (χ4n) is 1.58. The quantitative estimate of drug-likeness (QED) is 0.853. The molecule has 6 nitrogen and oxygen atoms in total. The summed E-state index contributed by atoms with van der Waals surface area (Å²) in [6, 6.07) is 7.98. The Hall–Kier alpha value is -2.60. The smallest absolute Gasteiger partial charge is 0.314 e. The van der Waals surface area contributed by atoms with Gasteiger partial charge in [0.15, 0.2) is 0 Å². The first-order chi connectivity index (χ1) is 10.1. The highest BCUT2D eigenvalue weighted by Gasteiger charge is 2.16. The number of hydrogen-bond donors (Lipinski definition) is 2. The summed E-state index contributed by atoms with van der Waals surface area (Å²) >= 11 is 5.85. The summed E-state index contributed by atoms with van der Waals surface area (Å²) in [6.07, 6.45) is 3.00. The Morgan fingerprint density at radius 2 is 1.95 bits per heavy atom. The zero-order chi connectivity index (χ0) is 15.2. The number of benzene rings is 1. The molecule has 0 fully saturated rings. The number of amides is 2. The van der Waals surface area contributed by atoms with Gasteiger partial charge in [-0.1, -0.05) is 11.6 Å². The minimum Gasteiger partial charge on any atom is -0.495 e. The maximum absolute atomic E-state index is 11.9. The number of nitrogens with one attached hydrogen (secondary N) is 2. The molecule has 7 heteroatoms. The summed E-state index contributed by atoms with van der Waals surface area (Å²) in [5.41, 5.74) is 0.743. The Labute approximate surface area is 126 Å². The van der Waals surface area contributed by atoms with Crippen molar-refractivity contribution in [2.75, 3.05) is 17.7 Å². The van der Waals surface area contributed by atoms with Crippen molar-refractivity contribution in [1.29, 1.82) is 0 Å². The van der Waals surface area contributed by atoms with Crippen molar-refractivity contribution < 1.29 is 14.3 Å². The Balaban J connectivity index is 2.07. The fraction of sp³-hybridized carbons (Fsp3) is 0.0714. The van der Waals surface area contributed by atoms with E-state index in [1.165, 1.54) is 19.4 Å². The summed E-state index contributed by atoms with van der Waals surface area (Å²) in [5.74, 6) is -1.24. The van der Waals surface area contributed by atoms with E-state index in [1.807, 2.05) is 0 Å². The van der Waals surface area contributed by atoms with Crippen LogP contribution in [-0.4, -0.2) is 23.9 Å². The molecule has 1 heterocycles. The van der Waals surface area contributed by atoms with E-state index in [0.717, 1.165) is 0 Å². The lowest BCUT2D eigenvalue weighted by Gasteiger charge is -2.10. The maximum Gasteiger partial charge on any atom is 0.314 e. The van der Waals surface area contributed by atoms with Gasteiger partial charge in [-0.25, -0.2) is 0 Å². The Morgan fingerprint density at radius 1 is 1.19 bits per heavy atom. The van der Waals surface area contributed by atoms with Gasteiger partial charge in [-0.15, -0.1) is 0 Å². The van der Waals surface area contributed by atoms with Crippen molar-refractivity contribution in [2.24, 2.45) is 0 Å². The second-order valence-corrected chi connectivity index (χ2v) is 4.43. The molecule has 2 amide bonds. The molecule has 0 bridgehead atoms. The summed E-state index contributed by atoms with van der Waals surface area (Å²) < 4.78 is 5.08. The Bertz CT molecular complexity index is 662. The van der Waals surface area contributed by atoms with Crippen molar-refractivity contribution in [3.8, 4) is 5.75 Å². The second-order valence-electron chi connectivity index (χ2n) is 3.99. The Morgan fingerprint density at radius 3 is 2.62 bits per heavy atom. The molecule has 0 spiro atoms. The third kappa shape index (κ3) is 3.93. The predicted molar refractivity (Wildman–Crippen MR) is 79.5 cm³/mol. The number of anilines is 2. The summed E-state index contributed by atoms with van der Waals surface area (Å²) in [5, 5.41) is 5.28. The van der Waals surface area contributed by atoms with Crippen molar-refractivity contribution in [3.63, 3.8) is 0 Å². The van der Waals surface area contributed by atoms with Crippen LogP contribution in [0.2, 0.25) is 5.02 Å². The Kier molecular flexibility index (Phi) is 4.73. The predicted octanol–water partition coefficient (Wildman–Crippen LogP) is 2.32. The first-order valence-corrected chi connectivity index (χ1v) is 6.34. The van der Waals surface area contributed by atoms with E-state index in [0.29, 0.717) is 22.1 Å². The molecule has 0 atom stereocenters. The van der Waals surface area contributed by atoms with Gasteiger partial charge in [-0.3, -0.25) is 14.6 Å². The fourth-order valence-corrected chi connectivity index (χ4v) is 1.75. The summed E-state index contributed by atoms with van der Waals surface area (Å²) in [6.45, 7) is 0. The van der Waals surface area contributed by atoms with Crippen LogP contribution < -0.4 is 15.4 Å². The summed E-state index contributed by atoms with van der Waals surface area (Å²) in [4.78, 5) is 27.5. The van der Waals surface area contributed by atoms with Gasteiger partial charge in [0.05, 0.1) is 24.7 Å². The minimum atomic E-state index is -0.834. The van der Waals surface area contributed by atoms with Crippen LogP contribution in [0.1, 0.15) is 0 Å². The molecule has 0 saturated carbocycles. The van der Waals surface area contributed by atoms with Gasteiger partial charge in [0.1, 0.15) is 5.75 Å². The topological polar surface area (TPSA) is 80.3 Å². The zero-order valence-electron chi connectivity index (χ0n) is 11.1. The highest BCUT2D eigenvalue weighted by atomic mass is 35.5. The second kappa shape index (κ2) is 6.71. The lowest BCUT2D eigenvalue weighted by Crippen LogP contribution is -2.29. The molecule has 108 valence electrons. The van der Waals surface area contributed by atoms with Crippen molar-refractivity contribution in [3.05, 3.63) is 47.7 Å². The molecule has 1 aromatic carbocycles. The molecule has 0 aliphatic carbocycles. The maximum atomic E-state index is 11.9. The molecule has 21 heavy (non-hydrogen) atoms. The first kappa shape index (κ1) is 14.8. The van der Waals surface area contributed by atoms with Crippen LogP contribution in [0.4, 0.5) is 11.4 Å². The number of pyridine rings is 1. The average molecular weight is 306 g/mol. The van der Waals surface area contributed by atoms with Gasteiger partial charge >= 0.3 is 11.8 Å². The monoisotopic (exact) mass is 305 g/mol. The molecule has 0 unspecified atom stereocenters. The molecule has 2 rings (SSSR count). The van der Waals surface area contributed by atoms with Crippen LogP contribution in [0, 0.1) is 0 Å². The van der Waals surface area contributed by atoms with Crippen LogP contribution in [0.25, 0.3) is 0 Å². The van der Waals surface area contributed by atoms with E-state index in [-0.39, 0.29) is 0 Å². The van der Waals surface area contributed by atoms with Gasteiger partial charge in [0.25, 0.3) is 0 Å². The van der Waals surface area contributed by atoms with E-state index in [4.69, 9.17) is 16.3 Å². The van der Waals surface area contributed by atoms with Gasteiger partial charge in [0, 0.05) is 11.2 Å². The highest BCUT2D eigenvalue weighted by Crippen LogP contribution is 2.27.